The van der Waals surface area contributed by atoms with Crippen LogP contribution < -0.4 is 15.2 Å². The van der Waals surface area contributed by atoms with Crippen LogP contribution in [0.3, 0.4) is 0 Å². The molecule has 20 heavy (non-hydrogen) atoms. The Bertz CT molecular complexity index is 646. The molecule has 0 fully saturated rings. The van der Waals surface area contributed by atoms with Gasteiger partial charge in [0.2, 0.25) is 0 Å². The van der Waals surface area contributed by atoms with Crippen LogP contribution in [0.2, 0.25) is 0 Å². The maximum atomic E-state index is 13.9. The van der Waals surface area contributed by atoms with Gasteiger partial charge >= 0.3 is 0 Å². The lowest BCUT2D eigenvalue weighted by molar-refractivity contribution is 0.0976. The molecule has 0 aliphatic carbocycles. The Morgan fingerprint density at radius 3 is 2.65 bits per heavy atom. The standard InChI is InChI=1S/C15H13F2NO2/c16-12-5-1-3-10(14(12)17)11-4-2-6-13-15(11)20-9(7-18)8-19-13/h1-6,9H,7-8,18H2/t9-/m0/s1. The molecule has 1 aliphatic heterocycles. The Hall–Kier alpha value is -2.14. The van der Waals surface area contributed by atoms with Crippen molar-refractivity contribution < 1.29 is 18.3 Å². The first-order valence-electron chi connectivity index (χ1n) is 6.27. The van der Waals surface area contributed by atoms with Crippen LogP contribution in [0.25, 0.3) is 11.1 Å². The zero-order valence-corrected chi connectivity index (χ0v) is 10.6. The summed E-state index contributed by atoms with van der Waals surface area (Å²) in [6, 6.07) is 9.14. The molecule has 0 amide bonds. The Balaban J connectivity index is 2.13. The number of hydrogen-bond acceptors (Lipinski definition) is 3. The molecule has 5 heteroatoms. The highest BCUT2D eigenvalue weighted by atomic mass is 19.2. The summed E-state index contributed by atoms with van der Waals surface area (Å²) in [5, 5.41) is 0. The quantitative estimate of drug-likeness (QED) is 0.918. The first kappa shape index (κ1) is 12.9. The molecule has 0 radical (unpaired) electrons. The molecule has 1 aliphatic rings. The van der Waals surface area contributed by atoms with E-state index in [2.05, 4.69) is 0 Å². The lowest BCUT2D eigenvalue weighted by atomic mass is 10.0. The van der Waals surface area contributed by atoms with E-state index >= 15 is 0 Å². The molecule has 1 heterocycles. The molecule has 0 saturated carbocycles. The summed E-state index contributed by atoms with van der Waals surface area (Å²) < 4.78 is 38.6. The molecule has 0 saturated heterocycles. The fourth-order valence-corrected chi connectivity index (χ4v) is 2.17. The molecule has 3 nitrogen and oxygen atoms in total. The first-order chi connectivity index (χ1) is 9.70. The maximum absolute atomic E-state index is 13.9. The van der Waals surface area contributed by atoms with Crippen molar-refractivity contribution in [3.8, 4) is 22.6 Å². The van der Waals surface area contributed by atoms with Gasteiger partial charge in [0.1, 0.15) is 12.7 Å². The van der Waals surface area contributed by atoms with Gasteiger partial charge in [-0.15, -0.1) is 0 Å². The predicted octanol–water partition coefficient (Wildman–Crippen LogP) is 2.73. The minimum atomic E-state index is -0.903. The van der Waals surface area contributed by atoms with Gasteiger partial charge in [-0.25, -0.2) is 8.78 Å². The van der Waals surface area contributed by atoms with Gasteiger partial charge in [0, 0.05) is 17.7 Å². The topological polar surface area (TPSA) is 44.5 Å². The number of ether oxygens (including phenoxy) is 2. The number of halogens is 2. The van der Waals surface area contributed by atoms with Crippen LogP contribution in [-0.2, 0) is 0 Å². The zero-order valence-electron chi connectivity index (χ0n) is 10.6. The summed E-state index contributed by atoms with van der Waals surface area (Å²) in [6.07, 6.45) is -0.291. The molecule has 0 unspecified atom stereocenters. The molecule has 0 aromatic heterocycles. The van der Waals surface area contributed by atoms with E-state index in [0.717, 1.165) is 6.07 Å². The molecule has 2 N–H and O–H groups in total. The zero-order chi connectivity index (χ0) is 14.1. The summed E-state index contributed by atoms with van der Waals surface area (Å²) in [6.45, 7) is 0.637. The highest BCUT2D eigenvalue weighted by Crippen LogP contribution is 2.41. The van der Waals surface area contributed by atoms with Crippen molar-refractivity contribution in [1.29, 1.82) is 0 Å². The van der Waals surface area contributed by atoms with Gasteiger partial charge in [0.05, 0.1) is 0 Å². The van der Waals surface area contributed by atoms with Crippen molar-refractivity contribution >= 4 is 0 Å². The van der Waals surface area contributed by atoms with Gasteiger partial charge in [-0.05, 0) is 12.1 Å². The van der Waals surface area contributed by atoms with E-state index in [9.17, 15) is 8.78 Å². The van der Waals surface area contributed by atoms with Crippen molar-refractivity contribution in [2.75, 3.05) is 13.2 Å². The highest BCUT2D eigenvalue weighted by Gasteiger charge is 2.24. The summed E-state index contributed by atoms with van der Waals surface area (Å²) in [7, 11) is 0. The second kappa shape index (κ2) is 5.09. The second-order valence-corrected chi connectivity index (χ2v) is 4.52. The van der Waals surface area contributed by atoms with Crippen molar-refractivity contribution in [2.24, 2.45) is 5.73 Å². The number of rotatable bonds is 2. The van der Waals surface area contributed by atoms with Crippen molar-refractivity contribution in [3.63, 3.8) is 0 Å². The molecule has 2 aromatic rings. The number of hydrogen-bond donors (Lipinski definition) is 1. The lowest BCUT2D eigenvalue weighted by Crippen LogP contribution is -2.35. The minimum absolute atomic E-state index is 0.142. The summed E-state index contributed by atoms with van der Waals surface area (Å²) in [4.78, 5) is 0. The minimum Gasteiger partial charge on any atom is -0.486 e. The predicted molar refractivity (Wildman–Crippen MR) is 70.8 cm³/mol. The number of nitrogens with two attached hydrogens (primary N) is 1. The molecule has 3 rings (SSSR count). The van der Waals surface area contributed by atoms with Crippen LogP contribution >= 0.6 is 0 Å². The van der Waals surface area contributed by atoms with Crippen LogP contribution in [0.5, 0.6) is 11.5 Å². The van der Waals surface area contributed by atoms with E-state index in [-0.39, 0.29) is 11.7 Å². The normalized spacial score (nSPS) is 17.1. The average Bonchev–Trinajstić information content (AvgIpc) is 2.49. The van der Waals surface area contributed by atoms with Crippen LogP contribution in [-0.4, -0.2) is 19.3 Å². The van der Waals surface area contributed by atoms with Crippen LogP contribution in [0.1, 0.15) is 0 Å². The van der Waals surface area contributed by atoms with Crippen molar-refractivity contribution in [2.45, 2.75) is 6.10 Å². The molecule has 2 aromatic carbocycles. The molecule has 0 spiro atoms. The highest BCUT2D eigenvalue weighted by molar-refractivity contribution is 5.74. The lowest BCUT2D eigenvalue weighted by Gasteiger charge is -2.27. The van der Waals surface area contributed by atoms with E-state index in [1.807, 2.05) is 0 Å². The molecule has 104 valence electrons. The van der Waals surface area contributed by atoms with Gasteiger partial charge in [-0.1, -0.05) is 24.3 Å². The van der Waals surface area contributed by atoms with Crippen LogP contribution in [0, 0.1) is 11.6 Å². The Morgan fingerprint density at radius 2 is 1.85 bits per heavy atom. The Morgan fingerprint density at radius 1 is 1.10 bits per heavy atom. The summed E-state index contributed by atoms with van der Waals surface area (Å²) >= 11 is 0. The monoisotopic (exact) mass is 277 g/mol. The van der Waals surface area contributed by atoms with Crippen LogP contribution in [0.15, 0.2) is 36.4 Å². The fourth-order valence-electron chi connectivity index (χ4n) is 2.17. The molecular formula is C15H13F2NO2. The van der Waals surface area contributed by atoms with Gasteiger partial charge in [-0.2, -0.15) is 0 Å². The third-order valence-corrected chi connectivity index (χ3v) is 3.19. The van der Waals surface area contributed by atoms with Crippen molar-refractivity contribution in [1.82, 2.24) is 0 Å². The fraction of sp³-hybridized carbons (Fsp3) is 0.200. The summed E-state index contributed by atoms with van der Waals surface area (Å²) in [5.74, 6) is -0.888. The SMILES string of the molecule is NC[C@H]1COc2cccc(-c3cccc(F)c3F)c2O1. The Labute approximate surface area is 114 Å². The first-order valence-corrected chi connectivity index (χ1v) is 6.27. The van der Waals surface area contributed by atoms with Gasteiger partial charge < -0.3 is 15.2 Å². The largest absolute Gasteiger partial charge is 0.486 e. The van der Waals surface area contributed by atoms with Gasteiger partial charge in [0.25, 0.3) is 0 Å². The smallest absolute Gasteiger partial charge is 0.169 e. The van der Waals surface area contributed by atoms with Gasteiger partial charge in [-0.3, -0.25) is 0 Å². The number of benzene rings is 2. The molecule has 0 bridgehead atoms. The maximum Gasteiger partial charge on any atom is 0.169 e. The van der Waals surface area contributed by atoms with Gasteiger partial charge in [0.15, 0.2) is 23.1 Å². The van der Waals surface area contributed by atoms with E-state index in [4.69, 9.17) is 15.2 Å². The number of para-hydroxylation sites is 1. The van der Waals surface area contributed by atoms with Crippen LogP contribution in [0.4, 0.5) is 8.78 Å². The van der Waals surface area contributed by atoms with E-state index in [1.165, 1.54) is 12.1 Å². The average molecular weight is 277 g/mol. The second-order valence-electron chi connectivity index (χ2n) is 4.52. The third kappa shape index (κ3) is 2.10. The molecular weight excluding hydrogens is 264 g/mol. The number of fused-ring (bicyclic) bond motifs is 1. The van der Waals surface area contributed by atoms with E-state index in [1.54, 1.807) is 18.2 Å². The summed E-state index contributed by atoms with van der Waals surface area (Å²) in [5.41, 5.74) is 6.16. The van der Waals surface area contributed by atoms with Crippen molar-refractivity contribution in [3.05, 3.63) is 48.0 Å². The van der Waals surface area contributed by atoms with E-state index < -0.39 is 11.6 Å². The third-order valence-electron chi connectivity index (χ3n) is 3.19. The van der Waals surface area contributed by atoms with E-state index in [0.29, 0.717) is 30.2 Å². The molecule has 1 atom stereocenters. The Kier molecular flexibility index (Phi) is 3.28.